The molecule has 3 N–H and O–H groups in total. The zero-order valence-corrected chi connectivity index (χ0v) is 13.7. The summed E-state index contributed by atoms with van der Waals surface area (Å²) >= 11 is 0. The summed E-state index contributed by atoms with van der Waals surface area (Å²) in [5.41, 5.74) is 3.65. The highest BCUT2D eigenvalue weighted by atomic mass is 16.5. The third-order valence-corrected chi connectivity index (χ3v) is 4.19. The number of aromatic hydroxyl groups is 1. The zero-order valence-electron chi connectivity index (χ0n) is 13.7. The second-order valence-electron chi connectivity index (χ2n) is 5.71. The summed E-state index contributed by atoms with van der Waals surface area (Å²) in [5, 5.41) is 12.1. The Kier molecular flexibility index (Phi) is 4.72. The molecule has 0 spiro atoms. The van der Waals surface area contributed by atoms with Gasteiger partial charge in [-0.05, 0) is 43.7 Å². The van der Waals surface area contributed by atoms with Crippen molar-refractivity contribution in [3.05, 3.63) is 53.1 Å². The lowest BCUT2D eigenvalue weighted by atomic mass is 9.89. The highest BCUT2D eigenvalue weighted by Gasteiger charge is 2.27. The first-order valence-corrected chi connectivity index (χ1v) is 8.27. The van der Waals surface area contributed by atoms with Crippen LogP contribution in [0.1, 0.15) is 36.6 Å². The molecule has 1 atom stereocenters. The molecule has 3 rings (SSSR count). The topological polar surface area (TPSA) is 55.3 Å². The van der Waals surface area contributed by atoms with Gasteiger partial charge in [0.05, 0.1) is 19.8 Å². The summed E-state index contributed by atoms with van der Waals surface area (Å²) in [5.74, 6) is 1.93. The molecule has 2 aromatic carbocycles. The molecule has 1 aliphatic rings. The molecule has 1 heterocycles. The van der Waals surface area contributed by atoms with Crippen LogP contribution in [0.5, 0.6) is 17.2 Å². The van der Waals surface area contributed by atoms with Gasteiger partial charge >= 0.3 is 0 Å². The molecule has 0 bridgehead atoms. The van der Waals surface area contributed by atoms with E-state index in [1.807, 2.05) is 26.0 Å². The molecule has 1 aliphatic heterocycles. The van der Waals surface area contributed by atoms with Crippen LogP contribution in [0.3, 0.4) is 0 Å². The Hall–Kier alpha value is -2.20. The van der Waals surface area contributed by atoms with E-state index in [1.165, 1.54) is 11.1 Å². The lowest BCUT2D eigenvalue weighted by Gasteiger charge is -2.26. The Morgan fingerprint density at radius 2 is 1.83 bits per heavy atom. The maximum absolute atomic E-state index is 9.79. The maximum Gasteiger partial charge on any atom is 0.161 e. The van der Waals surface area contributed by atoms with Crippen molar-refractivity contribution in [3.8, 4) is 17.2 Å². The van der Waals surface area contributed by atoms with Gasteiger partial charge in [-0.25, -0.2) is 0 Å². The Bertz CT molecular complexity index is 684. The van der Waals surface area contributed by atoms with Crippen LogP contribution in [0.15, 0.2) is 36.4 Å². The van der Waals surface area contributed by atoms with E-state index in [2.05, 4.69) is 23.5 Å². The van der Waals surface area contributed by atoms with E-state index in [4.69, 9.17) is 9.47 Å². The van der Waals surface area contributed by atoms with Gasteiger partial charge in [0, 0.05) is 17.5 Å². The number of benzene rings is 2. The second-order valence-corrected chi connectivity index (χ2v) is 5.71. The number of phenolic OH excluding ortho intramolecular Hbond substituents is 1. The minimum atomic E-state index is 0.181. The summed E-state index contributed by atoms with van der Waals surface area (Å²) < 4.78 is 11.5. The Morgan fingerprint density at radius 3 is 2.52 bits per heavy atom. The van der Waals surface area contributed by atoms with Gasteiger partial charge in [0.2, 0.25) is 0 Å². The van der Waals surface area contributed by atoms with Crippen molar-refractivity contribution in [2.24, 2.45) is 0 Å². The Labute approximate surface area is 137 Å². The van der Waals surface area contributed by atoms with Gasteiger partial charge in [-0.3, -0.25) is 0 Å². The van der Waals surface area contributed by atoms with Crippen molar-refractivity contribution in [3.63, 3.8) is 0 Å². The molecule has 4 nitrogen and oxygen atoms in total. The Morgan fingerprint density at radius 1 is 1.09 bits per heavy atom. The molecule has 23 heavy (non-hydrogen) atoms. The molecule has 0 aromatic heterocycles. The molecule has 0 saturated carbocycles. The summed E-state index contributed by atoms with van der Waals surface area (Å²) in [6.45, 7) is 6.22. The fourth-order valence-corrected chi connectivity index (χ4v) is 3.23. The quantitative estimate of drug-likeness (QED) is 0.891. The van der Waals surface area contributed by atoms with Crippen LogP contribution in [-0.4, -0.2) is 24.9 Å². The average Bonchev–Trinajstić information content (AvgIpc) is 2.55. The van der Waals surface area contributed by atoms with Gasteiger partial charge in [0.25, 0.3) is 0 Å². The summed E-state index contributed by atoms with van der Waals surface area (Å²) in [6.07, 6.45) is 1.01. The molecule has 2 aromatic rings. The van der Waals surface area contributed by atoms with Crippen molar-refractivity contribution in [1.29, 1.82) is 0 Å². The Balaban J connectivity index is 2.05. The van der Waals surface area contributed by atoms with Gasteiger partial charge in [-0.2, -0.15) is 0 Å². The first-order valence-electron chi connectivity index (χ1n) is 8.27. The minimum Gasteiger partial charge on any atom is -0.508 e. The molecule has 122 valence electrons. The predicted octanol–water partition coefficient (Wildman–Crippen LogP) is 2.40. The van der Waals surface area contributed by atoms with Gasteiger partial charge in [0.15, 0.2) is 11.5 Å². The second kappa shape index (κ2) is 6.92. The molecular formula is C19H24NO3+. The zero-order chi connectivity index (χ0) is 16.2. The summed E-state index contributed by atoms with van der Waals surface area (Å²) in [7, 11) is 0. The smallest absolute Gasteiger partial charge is 0.161 e. The van der Waals surface area contributed by atoms with Crippen molar-refractivity contribution < 1.29 is 19.9 Å². The van der Waals surface area contributed by atoms with E-state index >= 15 is 0 Å². The van der Waals surface area contributed by atoms with Crippen LogP contribution in [0.4, 0.5) is 0 Å². The number of quaternary nitrogens is 1. The fourth-order valence-electron chi connectivity index (χ4n) is 3.23. The molecule has 0 aliphatic carbocycles. The normalized spacial score (nSPS) is 16.7. The van der Waals surface area contributed by atoms with E-state index < -0.39 is 0 Å². The molecule has 4 heteroatoms. The van der Waals surface area contributed by atoms with Crippen LogP contribution in [0, 0.1) is 0 Å². The standard InChI is InChI=1S/C19H23NO3/c1-3-22-17-11-13-8-9-20-19(14-6-5-7-15(21)10-14)16(13)12-18(17)23-4-2/h5-7,10-12,19-21H,3-4,8-9H2,1-2H3/p+1/t19-/m0/s1. The molecule has 0 radical (unpaired) electrons. The van der Waals surface area contributed by atoms with Gasteiger partial charge in [-0.15, -0.1) is 0 Å². The van der Waals surface area contributed by atoms with E-state index in [0.29, 0.717) is 19.0 Å². The molecular weight excluding hydrogens is 290 g/mol. The van der Waals surface area contributed by atoms with E-state index in [0.717, 1.165) is 30.0 Å². The summed E-state index contributed by atoms with van der Waals surface area (Å²) in [6, 6.07) is 11.9. The number of fused-ring (bicyclic) bond motifs is 1. The number of phenols is 1. The van der Waals surface area contributed by atoms with Gasteiger partial charge in [-0.1, -0.05) is 12.1 Å². The summed E-state index contributed by atoms with van der Waals surface area (Å²) in [4.78, 5) is 0. The third-order valence-electron chi connectivity index (χ3n) is 4.19. The number of hydrogen-bond acceptors (Lipinski definition) is 3. The number of nitrogens with two attached hydrogens (primary N) is 1. The average molecular weight is 314 g/mol. The molecule has 0 amide bonds. The number of hydrogen-bond donors (Lipinski definition) is 2. The third kappa shape index (κ3) is 3.27. The number of rotatable bonds is 5. The molecule has 0 fully saturated rings. The van der Waals surface area contributed by atoms with Crippen molar-refractivity contribution in [2.75, 3.05) is 19.8 Å². The predicted molar refractivity (Wildman–Crippen MR) is 89.2 cm³/mol. The molecule has 0 saturated heterocycles. The van der Waals surface area contributed by atoms with Crippen molar-refractivity contribution in [1.82, 2.24) is 0 Å². The first kappa shape index (κ1) is 15.7. The lowest BCUT2D eigenvalue weighted by molar-refractivity contribution is -0.690. The van der Waals surface area contributed by atoms with E-state index in [-0.39, 0.29) is 6.04 Å². The highest BCUT2D eigenvalue weighted by molar-refractivity contribution is 5.51. The van der Waals surface area contributed by atoms with Crippen LogP contribution < -0.4 is 14.8 Å². The fraction of sp³-hybridized carbons (Fsp3) is 0.368. The van der Waals surface area contributed by atoms with E-state index in [9.17, 15) is 5.11 Å². The van der Waals surface area contributed by atoms with Crippen LogP contribution in [-0.2, 0) is 6.42 Å². The van der Waals surface area contributed by atoms with Crippen LogP contribution >= 0.6 is 0 Å². The van der Waals surface area contributed by atoms with Gasteiger partial charge in [0.1, 0.15) is 11.8 Å². The lowest BCUT2D eigenvalue weighted by Crippen LogP contribution is -2.87. The minimum absolute atomic E-state index is 0.181. The first-order chi connectivity index (χ1) is 11.2. The molecule has 0 unspecified atom stereocenters. The van der Waals surface area contributed by atoms with Crippen LogP contribution in [0.2, 0.25) is 0 Å². The largest absolute Gasteiger partial charge is 0.508 e. The van der Waals surface area contributed by atoms with Crippen molar-refractivity contribution in [2.45, 2.75) is 26.3 Å². The highest BCUT2D eigenvalue weighted by Crippen LogP contribution is 2.36. The monoisotopic (exact) mass is 314 g/mol. The van der Waals surface area contributed by atoms with E-state index in [1.54, 1.807) is 6.07 Å². The van der Waals surface area contributed by atoms with Gasteiger partial charge < -0.3 is 19.9 Å². The van der Waals surface area contributed by atoms with Crippen molar-refractivity contribution >= 4 is 0 Å². The van der Waals surface area contributed by atoms with Crippen LogP contribution in [0.25, 0.3) is 0 Å². The number of ether oxygens (including phenoxy) is 2. The maximum atomic E-state index is 9.79. The SMILES string of the molecule is CCOc1cc2c(cc1OCC)[C@H](c1cccc(O)c1)[NH2+]CC2.